The van der Waals surface area contributed by atoms with Gasteiger partial charge in [0.15, 0.2) is 0 Å². The molecule has 1 atom stereocenters. The van der Waals surface area contributed by atoms with E-state index in [1.165, 1.54) is 58.5 Å². The Hall–Kier alpha value is -0.570. The SMILES string of the molecule is COC(=O)C(NC12CC3CC(CC(C3)C1)C2)C1CC1. The summed E-state index contributed by atoms with van der Waals surface area (Å²) in [4.78, 5) is 12.0. The highest BCUT2D eigenvalue weighted by atomic mass is 16.5. The van der Waals surface area contributed by atoms with Crippen LogP contribution in [0, 0.1) is 23.7 Å². The van der Waals surface area contributed by atoms with E-state index in [1.54, 1.807) is 0 Å². The number of carbonyl (C=O) groups excluding carboxylic acids is 1. The first-order chi connectivity index (χ1) is 9.17. The minimum absolute atomic E-state index is 0.0266. The minimum Gasteiger partial charge on any atom is -0.468 e. The first-order valence-electron chi connectivity index (χ1n) is 8.03. The molecule has 0 aromatic heterocycles. The monoisotopic (exact) mass is 263 g/mol. The van der Waals surface area contributed by atoms with Crippen LogP contribution in [0.3, 0.4) is 0 Å². The molecule has 1 N–H and O–H groups in total. The second-order valence-corrected chi connectivity index (χ2v) is 7.68. The van der Waals surface area contributed by atoms with Crippen LogP contribution in [0.25, 0.3) is 0 Å². The second kappa shape index (κ2) is 4.21. The second-order valence-electron chi connectivity index (χ2n) is 7.68. The molecule has 5 rings (SSSR count). The van der Waals surface area contributed by atoms with Crippen LogP contribution < -0.4 is 5.32 Å². The fourth-order valence-electron chi connectivity index (χ4n) is 5.54. The first kappa shape index (κ1) is 12.2. The number of hydrogen-bond donors (Lipinski definition) is 1. The van der Waals surface area contributed by atoms with Crippen LogP contribution in [0.4, 0.5) is 0 Å². The van der Waals surface area contributed by atoms with Gasteiger partial charge in [0.2, 0.25) is 0 Å². The lowest BCUT2D eigenvalue weighted by Gasteiger charge is -2.57. The minimum atomic E-state index is -0.0294. The average molecular weight is 263 g/mol. The van der Waals surface area contributed by atoms with E-state index in [1.807, 2.05) is 0 Å². The Balaban J connectivity index is 1.53. The molecule has 19 heavy (non-hydrogen) atoms. The van der Waals surface area contributed by atoms with Crippen molar-refractivity contribution in [2.75, 3.05) is 7.11 Å². The van der Waals surface area contributed by atoms with Gasteiger partial charge in [-0.1, -0.05) is 0 Å². The molecule has 5 aliphatic carbocycles. The van der Waals surface area contributed by atoms with Crippen molar-refractivity contribution in [2.45, 2.75) is 62.9 Å². The number of hydrogen-bond acceptors (Lipinski definition) is 3. The molecule has 4 bridgehead atoms. The summed E-state index contributed by atoms with van der Waals surface area (Å²) in [5.41, 5.74) is 0.274. The van der Waals surface area contributed by atoms with Crippen LogP contribution in [-0.4, -0.2) is 24.7 Å². The molecule has 106 valence electrons. The van der Waals surface area contributed by atoms with Gasteiger partial charge in [0, 0.05) is 5.54 Å². The summed E-state index contributed by atoms with van der Waals surface area (Å²) in [7, 11) is 1.53. The third-order valence-corrected chi connectivity index (χ3v) is 6.05. The molecule has 3 heteroatoms. The van der Waals surface area contributed by atoms with E-state index < -0.39 is 0 Å². The molecule has 0 aromatic rings. The molecule has 0 aliphatic heterocycles. The third kappa shape index (κ3) is 2.10. The maximum absolute atomic E-state index is 12.0. The van der Waals surface area contributed by atoms with Crippen LogP contribution >= 0.6 is 0 Å². The molecular formula is C16H25NO2. The zero-order valence-electron chi connectivity index (χ0n) is 11.9. The van der Waals surface area contributed by atoms with Crippen LogP contribution in [-0.2, 0) is 9.53 Å². The molecule has 0 amide bonds. The number of rotatable bonds is 4. The van der Waals surface area contributed by atoms with Gasteiger partial charge in [-0.3, -0.25) is 10.1 Å². The lowest BCUT2D eigenvalue weighted by atomic mass is 9.53. The van der Waals surface area contributed by atoms with E-state index in [-0.39, 0.29) is 17.6 Å². The molecule has 0 spiro atoms. The Kier molecular flexibility index (Phi) is 2.70. The summed E-state index contributed by atoms with van der Waals surface area (Å²) in [6.07, 6.45) is 10.7. The summed E-state index contributed by atoms with van der Waals surface area (Å²) < 4.78 is 5.03. The standard InChI is InChI=1S/C16H25NO2/c1-19-15(18)14(13-2-3-13)17-16-7-10-4-11(8-16)6-12(5-10)9-16/h10-14,17H,2-9H2,1H3. The molecule has 0 heterocycles. The van der Waals surface area contributed by atoms with Crippen molar-refractivity contribution in [1.82, 2.24) is 5.32 Å². The summed E-state index contributed by atoms with van der Waals surface area (Å²) in [5, 5.41) is 3.80. The lowest BCUT2D eigenvalue weighted by Crippen LogP contribution is -2.62. The fraction of sp³-hybridized carbons (Fsp3) is 0.938. The van der Waals surface area contributed by atoms with Gasteiger partial charge in [-0.2, -0.15) is 0 Å². The van der Waals surface area contributed by atoms with Crippen LogP contribution in [0.1, 0.15) is 51.4 Å². The largest absolute Gasteiger partial charge is 0.468 e. The molecule has 5 fully saturated rings. The fourth-order valence-corrected chi connectivity index (χ4v) is 5.54. The summed E-state index contributed by atoms with van der Waals surface area (Å²) in [5.74, 6) is 3.29. The quantitative estimate of drug-likeness (QED) is 0.792. The van der Waals surface area contributed by atoms with Crippen LogP contribution in [0.15, 0.2) is 0 Å². The van der Waals surface area contributed by atoms with Crippen molar-refractivity contribution < 1.29 is 9.53 Å². The van der Waals surface area contributed by atoms with Crippen molar-refractivity contribution in [1.29, 1.82) is 0 Å². The highest BCUT2D eigenvalue weighted by molar-refractivity contribution is 5.76. The molecule has 5 aliphatic rings. The summed E-state index contributed by atoms with van der Waals surface area (Å²) in [6.45, 7) is 0. The highest BCUT2D eigenvalue weighted by Gasteiger charge is 2.53. The van der Waals surface area contributed by atoms with E-state index in [0.29, 0.717) is 5.92 Å². The molecule has 5 saturated carbocycles. The van der Waals surface area contributed by atoms with Crippen molar-refractivity contribution >= 4 is 5.97 Å². The molecule has 0 aromatic carbocycles. The zero-order valence-corrected chi connectivity index (χ0v) is 11.9. The smallest absolute Gasteiger partial charge is 0.323 e. The average Bonchev–Trinajstić information content (AvgIpc) is 3.17. The van der Waals surface area contributed by atoms with Crippen molar-refractivity contribution in [3.05, 3.63) is 0 Å². The van der Waals surface area contributed by atoms with Gasteiger partial charge < -0.3 is 4.74 Å². The normalized spacial score (nSPS) is 45.2. The predicted octanol–water partition coefficient (Wildman–Crippen LogP) is 2.50. The number of methoxy groups -OCH3 is 1. The predicted molar refractivity (Wildman–Crippen MR) is 72.6 cm³/mol. The Morgan fingerprint density at radius 3 is 2.05 bits per heavy atom. The van der Waals surface area contributed by atoms with Gasteiger partial charge in [-0.25, -0.2) is 0 Å². The topological polar surface area (TPSA) is 38.3 Å². The molecule has 0 radical (unpaired) electrons. The molecule has 3 nitrogen and oxygen atoms in total. The van der Waals surface area contributed by atoms with E-state index in [2.05, 4.69) is 5.32 Å². The van der Waals surface area contributed by atoms with Crippen molar-refractivity contribution in [3.63, 3.8) is 0 Å². The Labute approximate surface area is 115 Å². The van der Waals surface area contributed by atoms with Gasteiger partial charge in [-0.05, 0) is 75.0 Å². The summed E-state index contributed by atoms with van der Waals surface area (Å²) in [6, 6.07) is -0.0266. The molecule has 1 unspecified atom stereocenters. The number of ether oxygens (including phenoxy) is 1. The van der Waals surface area contributed by atoms with Gasteiger partial charge >= 0.3 is 5.97 Å². The summed E-state index contributed by atoms with van der Waals surface area (Å²) >= 11 is 0. The number of carbonyl (C=O) groups is 1. The number of esters is 1. The number of nitrogens with one attached hydrogen (secondary N) is 1. The maximum Gasteiger partial charge on any atom is 0.323 e. The van der Waals surface area contributed by atoms with Crippen LogP contribution in [0.5, 0.6) is 0 Å². The van der Waals surface area contributed by atoms with E-state index in [4.69, 9.17) is 4.74 Å². The molecule has 0 saturated heterocycles. The van der Waals surface area contributed by atoms with Crippen LogP contribution in [0.2, 0.25) is 0 Å². The van der Waals surface area contributed by atoms with E-state index >= 15 is 0 Å². The Morgan fingerprint density at radius 2 is 1.63 bits per heavy atom. The third-order valence-electron chi connectivity index (χ3n) is 6.05. The Morgan fingerprint density at radius 1 is 1.11 bits per heavy atom. The molecular weight excluding hydrogens is 238 g/mol. The van der Waals surface area contributed by atoms with Gasteiger partial charge in [-0.15, -0.1) is 0 Å². The van der Waals surface area contributed by atoms with E-state index in [9.17, 15) is 4.79 Å². The zero-order chi connectivity index (χ0) is 13.0. The first-order valence-corrected chi connectivity index (χ1v) is 8.03. The maximum atomic E-state index is 12.0. The van der Waals surface area contributed by atoms with E-state index in [0.717, 1.165) is 17.8 Å². The Bertz CT molecular complexity index is 353. The van der Waals surface area contributed by atoms with Gasteiger partial charge in [0.1, 0.15) is 6.04 Å². The van der Waals surface area contributed by atoms with Gasteiger partial charge in [0.05, 0.1) is 7.11 Å². The lowest BCUT2D eigenvalue weighted by molar-refractivity contribution is -0.145. The van der Waals surface area contributed by atoms with Gasteiger partial charge in [0.25, 0.3) is 0 Å². The van der Waals surface area contributed by atoms with Crippen molar-refractivity contribution in [2.24, 2.45) is 23.7 Å². The highest BCUT2D eigenvalue weighted by Crippen LogP contribution is 2.56. The van der Waals surface area contributed by atoms with Crippen molar-refractivity contribution in [3.8, 4) is 0 Å².